The first-order chi connectivity index (χ1) is 11.2. The van der Waals surface area contributed by atoms with Crippen LogP contribution in [0.5, 0.6) is 0 Å². The Balaban J connectivity index is -0.000000496. The van der Waals surface area contributed by atoms with Crippen LogP contribution in [0.15, 0.2) is 23.8 Å². The summed E-state index contributed by atoms with van der Waals surface area (Å²) in [5.41, 5.74) is 1.34. The molecule has 0 heterocycles. The summed E-state index contributed by atoms with van der Waals surface area (Å²) in [6.45, 7) is 12.2. The molecule has 2 N–H and O–H groups in total. The van der Waals surface area contributed by atoms with Gasteiger partial charge in [-0.3, -0.25) is 0 Å². The first kappa shape index (κ1) is 26.8. The molecular formula is C20H39NO2. The zero-order valence-electron chi connectivity index (χ0n) is 16.4. The summed E-state index contributed by atoms with van der Waals surface area (Å²) in [5.74, 6) is 2.73. The molecule has 1 aliphatic rings. The van der Waals surface area contributed by atoms with Crippen LogP contribution in [0, 0.1) is 18.3 Å². The van der Waals surface area contributed by atoms with Crippen LogP contribution in [0.4, 0.5) is 0 Å². The highest BCUT2D eigenvalue weighted by Crippen LogP contribution is 2.18. The molecule has 0 saturated carbocycles. The summed E-state index contributed by atoms with van der Waals surface area (Å²) < 4.78 is 5.46. The van der Waals surface area contributed by atoms with Crippen LogP contribution in [-0.2, 0) is 4.74 Å². The van der Waals surface area contributed by atoms with E-state index in [1.165, 1.54) is 24.8 Å². The van der Waals surface area contributed by atoms with Crippen molar-refractivity contribution in [2.45, 2.75) is 60.0 Å². The van der Waals surface area contributed by atoms with Crippen LogP contribution >= 0.6 is 0 Å². The van der Waals surface area contributed by atoms with Gasteiger partial charge in [-0.1, -0.05) is 57.4 Å². The molecule has 0 radical (unpaired) electrons. The van der Waals surface area contributed by atoms with Crippen LogP contribution in [0.2, 0.25) is 0 Å². The van der Waals surface area contributed by atoms with Gasteiger partial charge in [0.25, 0.3) is 0 Å². The molecule has 136 valence electrons. The molecule has 3 heteroatoms. The lowest BCUT2D eigenvalue weighted by atomic mass is 9.94. The van der Waals surface area contributed by atoms with Gasteiger partial charge in [-0.15, -0.1) is 12.3 Å². The molecule has 0 saturated heterocycles. The number of aliphatic hydroxyl groups is 1. The van der Waals surface area contributed by atoms with Gasteiger partial charge in [-0.2, -0.15) is 0 Å². The minimum atomic E-state index is 0.238. The van der Waals surface area contributed by atoms with Crippen molar-refractivity contribution in [2.75, 3.05) is 27.3 Å². The third kappa shape index (κ3) is 17.1. The molecule has 0 aromatic carbocycles. The molecule has 23 heavy (non-hydrogen) atoms. The zero-order valence-corrected chi connectivity index (χ0v) is 16.4. The molecule has 1 aliphatic carbocycles. The van der Waals surface area contributed by atoms with Gasteiger partial charge in [0.05, 0.1) is 6.10 Å². The van der Waals surface area contributed by atoms with Crippen LogP contribution in [0.3, 0.4) is 0 Å². The predicted molar refractivity (Wildman–Crippen MR) is 104 cm³/mol. The van der Waals surface area contributed by atoms with Crippen LogP contribution in [0.1, 0.15) is 53.9 Å². The van der Waals surface area contributed by atoms with E-state index in [2.05, 4.69) is 49.7 Å². The summed E-state index contributed by atoms with van der Waals surface area (Å²) >= 11 is 0. The molecule has 0 bridgehead atoms. The average molecular weight is 326 g/mol. The Labute approximate surface area is 145 Å². The number of methoxy groups -OCH3 is 1. The molecular weight excluding hydrogens is 286 g/mol. The van der Waals surface area contributed by atoms with E-state index in [0.717, 1.165) is 20.2 Å². The van der Waals surface area contributed by atoms with E-state index < -0.39 is 0 Å². The number of hydrogen-bond acceptors (Lipinski definition) is 3. The Kier molecular flexibility index (Phi) is 27.0. The van der Waals surface area contributed by atoms with E-state index in [1.807, 2.05) is 13.8 Å². The standard InChI is InChI=1S/C14H25NO.C3H4.C2H6.CH4O/c1-4-5-6-9-15-11-13-10-12(2)7-8-14(13)16-3;1-3-2;2*1-2/h7-8,10,13-15H,4-6,9,11H2,1-3H3;1H,2H3;1-2H3;2H,1H3. The third-order valence-electron chi connectivity index (χ3n) is 3.06. The molecule has 0 aromatic heterocycles. The summed E-state index contributed by atoms with van der Waals surface area (Å²) in [6, 6.07) is 0. The Bertz CT molecular complexity index is 316. The van der Waals surface area contributed by atoms with Crippen LogP contribution in [0.25, 0.3) is 0 Å². The molecule has 1 rings (SSSR count). The minimum Gasteiger partial charge on any atom is -0.400 e. The molecule has 0 aliphatic heterocycles. The quantitative estimate of drug-likeness (QED) is 0.545. The lowest BCUT2D eigenvalue weighted by Gasteiger charge is -2.24. The van der Waals surface area contributed by atoms with E-state index >= 15 is 0 Å². The van der Waals surface area contributed by atoms with E-state index in [4.69, 9.17) is 9.84 Å². The Morgan fingerprint density at radius 1 is 1.30 bits per heavy atom. The first-order valence-corrected chi connectivity index (χ1v) is 8.61. The predicted octanol–water partition coefficient (Wildman–Crippen LogP) is 4.19. The first-order valence-electron chi connectivity index (χ1n) is 8.61. The number of ether oxygens (including phenoxy) is 1. The second kappa shape index (κ2) is 23.2. The van der Waals surface area contributed by atoms with E-state index in [0.29, 0.717) is 5.92 Å². The van der Waals surface area contributed by atoms with Gasteiger partial charge in [-0.25, -0.2) is 0 Å². The maximum Gasteiger partial charge on any atom is 0.0830 e. The normalized spacial score (nSPS) is 18.0. The van der Waals surface area contributed by atoms with Gasteiger partial charge in [0.1, 0.15) is 0 Å². The SMILES string of the molecule is C#CC.CC.CCCCCNCC1C=C(C)C=CC1OC.CO. The number of unbranched alkanes of at least 4 members (excludes halogenated alkanes) is 2. The fraction of sp³-hybridized carbons (Fsp3) is 0.700. The molecule has 0 aromatic rings. The lowest BCUT2D eigenvalue weighted by molar-refractivity contribution is 0.105. The second-order valence-electron chi connectivity index (χ2n) is 4.83. The average Bonchev–Trinajstić information content (AvgIpc) is 2.59. The summed E-state index contributed by atoms with van der Waals surface area (Å²) in [6.07, 6.45) is 15.3. The van der Waals surface area contributed by atoms with Crippen LogP contribution in [-0.4, -0.2) is 38.5 Å². The zero-order chi connectivity index (χ0) is 18.5. The highest BCUT2D eigenvalue weighted by atomic mass is 16.5. The fourth-order valence-corrected chi connectivity index (χ4v) is 2.07. The third-order valence-corrected chi connectivity index (χ3v) is 3.06. The van der Waals surface area contributed by atoms with Crippen molar-refractivity contribution in [3.05, 3.63) is 23.8 Å². The monoisotopic (exact) mass is 325 g/mol. The van der Waals surface area contributed by atoms with Gasteiger partial charge in [0, 0.05) is 26.7 Å². The van der Waals surface area contributed by atoms with Crippen molar-refractivity contribution in [1.29, 1.82) is 0 Å². The minimum absolute atomic E-state index is 0.238. The van der Waals surface area contributed by atoms with Crippen molar-refractivity contribution < 1.29 is 9.84 Å². The number of aliphatic hydroxyl groups excluding tert-OH is 1. The van der Waals surface area contributed by atoms with Crippen LogP contribution < -0.4 is 5.32 Å². The number of nitrogens with one attached hydrogen (secondary N) is 1. The Morgan fingerprint density at radius 3 is 2.35 bits per heavy atom. The van der Waals surface area contributed by atoms with E-state index in [1.54, 1.807) is 14.0 Å². The van der Waals surface area contributed by atoms with Crippen molar-refractivity contribution in [3.8, 4) is 12.3 Å². The molecule has 0 spiro atoms. The number of hydrogen-bond donors (Lipinski definition) is 2. The lowest BCUT2D eigenvalue weighted by Crippen LogP contribution is -2.32. The van der Waals surface area contributed by atoms with Crippen molar-refractivity contribution in [2.24, 2.45) is 5.92 Å². The summed E-state index contributed by atoms with van der Waals surface area (Å²) in [4.78, 5) is 0. The molecule has 0 fully saturated rings. The van der Waals surface area contributed by atoms with Crippen molar-refractivity contribution >= 4 is 0 Å². The van der Waals surface area contributed by atoms with Gasteiger partial charge in [0.2, 0.25) is 0 Å². The summed E-state index contributed by atoms with van der Waals surface area (Å²) in [5, 5.41) is 10.5. The smallest absolute Gasteiger partial charge is 0.0830 e. The largest absolute Gasteiger partial charge is 0.400 e. The number of rotatable bonds is 7. The van der Waals surface area contributed by atoms with Gasteiger partial charge in [0.15, 0.2) is 0 Å². The van der Waals surface area contributed by atoms with Gasteiger partial charge in [-0.05, 0) is 26.8 Å². The molecule has 3 nitrogen and oxygen atoms in total. The molecule has 0 amide bonds. The number of terminal acetylenes is 1. The van der Waals surface area contributed by atoms with E-state index in [9.17, 15) is 0 Å². The number of allylic oxidation sites excluding steroid dienone is 2. The second-order valence-corrected chi connectivity index (χ2v) is 4.83. The fourth-order valence-electron chi connectivity index (χ4n) is 2.07. The van der Waals surface area contributed by atoms with Gasteiger partial charge >= 0.3 is 0 Å². The van der Waals surface area contributed by atoms with Crippen molar-refractivity contribution in [3.63, 3.8) is 0 Å². The maximum atomic E-state index is 7.00. The van der Waals surface area contributed by atoms with E-state index in [-0.39, 0.29) is 6.10 Å². The molecule has 2 unspecified atom stereocenters. The van der Waals surface area contributed by atoms with Gasteiger partial charge < -0.3 is 15.2 Å². The highest BCUT2D eigenvalue weighted by Gasteiger charge is 2.18. The topological polar surface area (TPSA) is 41.5 Å². The Morgan fingerprint density at radius 2 is 1.87 bits per heavy atom. The Hall–Kier alpha value is -1.08. The summed E-state index contributed by atoms with van der Waals surface area (Å²) in [7, 11) is 2.79. The molecule has 2 atom stereocenters. The van der Waals surface area contributed by atoms with Crippen molar-refractivity contribution in [1.82, 2.24) is 5.32 Å². The maximum absolute atomic E-state index is 7.00. The highest BCUT2D eigenvalue weighted by molar-refractivity contribution is 5.24.